The fourth-order valence-corrected chi connectivity index (χ4v) is 5.10. The number of hydrogen-bond acceptors (Lipinski definition) is 5. The van der Waals surface area contributed by atoms with E-state index >= 15 is 0 Å². The zero-order valence-electron chi connectivity index (χ0n) is 16.6. The van der Waals surface area contributed by atoms with Gasteiger partial charge in [-0.1, -0.05) is 66.9 Å². The van der Waals surface area contributed by atoms with Crippen molar-refractivity contribution < 1.29 is 9.59 Å². The van der Waals surface area contributed by atoms with Gasteiger partial charge in [-0.2, -0.15) is 0 Å². The standard InChI is InChI=1S/C22H28N4O2S/c27-21(23-17-11-5-2-6-12-17)20(16-9-3-1-4-10-16)26(18-13-7-8-14-18)22(28)19-15-29-25-24-19/h1,3-4,9-10,15,17-18,20H,2,5-8,11-14H2,(H,23,27)/t20-/m0/s1. The van der Waals surface area contributed by atoms with Gasteiger partial charge in [0.1, 0.15) is 6.04 Å². The summed E-state index contributed by atoms with van der Waals surface area (Å²) in [4.78, 5) is 28.8. The van der Waals surface area contributed by atoms with Gasteiger partial charge in [-0.3, -0.25) is 9.59 Å². The first-order valence-corrected chi connectivity index (χ1v) is 11.5. The van der Waals surface area contributed by atoms with Crippen molar-refractivity contribution in [3.63, 3.8) is 0 Å². The van der Waals surface area contributed by atoms with Crippen LogP contribution in [0.15, 0.2) is 35.7 Å². The summed E-state index contributed by atoms with van der Waals surface area (Å²) in [6, 6.07) is 9.28. The molecule has 1 aromatic heterocycles. The molecule has 0 unspecified atom stereocenters. The number of nitrogens with one attached hydrogen (secondary N) is 1. The first-order chi connectivity index (χ1) is 14.2. The Balaban J connectivity index is 1.67. The van der Waals surface area contributed by atoms with Gasteiger partial charge in [0.15, 0.2) is 5.69 Å². The molecule has 4 rings (SSSR count). The zero-order valence-corrected chi connectivity index (χ0v) is 17.4. The Labute approximate surface area is 175 Å². The molecule has 154 valence electrons. The smallest absolute Gasteiger partial charge is 0.276 e. The van der Waals surface area contributed by atoms with E-state index in [9.17, 15) is 9.59 Å². The van der Waals surface area contributed by atoms with Gasteiger partial charge in [0.2, 0.25) is 5.91 Å². The summed E-state index contributed by atoms with van der Waals surface area (Å²) in [5.41, 5.74) is 1.18. The summed E-state index contributed by atoms with van der Waals surface area (Å²) >= 11 is 1.16. The molecule has 2 fully saturated rings. The lowest BCUT2D eigenvalue weighted by Crippen LogP contribution is -2.50. The molecule has 7 heteroatoms. The predicted octanol–water partition coefficient (Wildman–Crippen LogP) is 4.11. The maximum Gasteiger partial charge on any atom is 0.276 e. The van der Waals surface area contributed by atoms with E-state index in [1.54, 1.807) is 10.3 Å². The normalized spacial score (nSPS) is 19.0. The Kier molecular flexibility index (Phi) is 6.54. The van der Waals surface area contributed by atoms with Gasteiger partial charge in [-0.15, -0.1) is 5.10 Å². The molecule has 1 N–H and O–H groups in total. The molecule has 6 nitrogen and oxygen atoms in total. The average molecular weight is 413 g/mol. The fourth-order valence-electron chi connectivity index (χ4n) is 4.67. The lowest BCUT2D eigenvalue weighted by atomic mass is 9.94. The van der Waals surface area contributed by atoms with Gasteiger partial charge < -0.3 is 10.2 Å². The van der Waals surface area contributed by atoms with Crippen molar-refractivity contribution in [2.45, 2.75) is 75.9 Å². The van der Waals surface area contributed by atoms with Gasteiger partial charge in [0, 0.05) is 17.5 Å². The Morgan fingerprint density at radius 2 is 1.69 bits per heavy atom. The van der Waals surface area contributed by atoms with Crippen LogP contribution in [0.2, 0.25) is 0 Å². The van der Waals surface area contributed by atoms with E-state index in [4.69, 9.17) is 0 Å². The number of benzene rings is 1. The molecule has 0 spiro atoms. The van der Waals surface area contributed by atoms with Gasteiger partial charge in [0.25, 0.3) is 5.91 Å². The number of rotatable bonds is 6. The van der Waals surface area contributed by atoms with Crippen molar-refractivity contribution >= 4 is 23.3 Å². The zero-order chi connectivity index (χ0) is 20.1. The summed E-state index contributed by atoms with van der Waals surface area (Å²) in [6.45, 7) is 0. The second-order valence-corrected chi connectivity index (χ2v) is 8.71. The number of aromatic nitrogens is 2. The predicted molar refractivity (Wildman–Crippen MR) is 113 cm³/mol. The Bertz CT molecular complexity index is 799. The Morgan fingerprint density at radius 1 is 1.00 bits per heavy atom. The second kappa shape index (κ2) is 9.48. The lowest BCUT2D eigenvalue weighted by molar-refractivity contribution is -0.127. The highest BCUT2D eigenvalue weighted by Crippen LogP contribution is 2.33. The van der Waals surface area contributed by atoms with Crippen LogP contribution < -0.4 is 5.32 Å². The number of nitrogens with zero attached hydrogens (tertiary/aromatic N) is 3. The van der Waals surface area contributed by atoms with Crippen molar-refractivity contribution in [2.24, 2.45) is 0 Å². The van der Waals surface area contributed by atoms with Crippen molar-refractivity contribution in [1.82, 2.24) is 19.8 Å². The molecule has 2 amide bonds. The first-order valence-electron chi connectivity index (χ1n) is 10.7. The molecule has 0 bridgehead atoms. The molecular formula is C22H28N4O2S. The van der Waals surface area contributed by atoms with E-state index in [0.29, 0.717) is 5.69 Å². The number of carbonyl (C=O) groups is 2. The minimum atomic E-state index is -0.643. The third kappa shape index (κ3) is 4.66. The number of hydrogen-bond donors (Lipinski definition) is 1. The largest absolute Gasteiger partial charge is 0.351 e. The highest BCUT2D eigenvalue weighted by Gasteiger charge is 2.39. The van der Waals surface area contributed by atoms with Crippen LogP contribution in [-0.2, 0) is 4.79 Å². The van der Waals surface area contributed by atoms with Crippen LogP contribution in [0.4, 0.5) is 0 Å². The minimum Gasteiger partial charge on any atom is -0.351 e. The van der Waals surface area contributed by atoms with Gasteiger partial charge in [-0.25, -0.2) is 0 Å². The summed E-state index contributed by atoms with van der Waals surface area (Å²) in [7, 11) is 0. The van der Waals surface area contributed by atoms with E-state index in [2.05, 4.69) is 14.9 Å². The summed E-state index contributed by atoms with van der Waals surface area (Å²) in [5, 5.41) is 8.93. The average Bonchev–Trinajstić information content (AvgIpc) is 3.47. The Morgan fingerprint density at radius 3 is 2.34 bits per heavy atom. The molecule has 0 radical (unpaired) electrons. The fraction of sp³-hybridized carbons (Fsp3) is 0.545. The topological polar surface area (TPSA) is 75.2 Å². The van der Waals surface area contributed by atoms with Gasteiger partial charge >= 0.3 is 0 Å². The number of amides is 2. The molecule has 2 aromatic rings. The van der Waals surface area contributed by atoms with E-state index in [0.717, 1.165) is 68.5 Å². The SMILES string of the molecule is O=C(NC1CCCCC1)[C@H](c1ccccc1)N(C(=O)c1csnn1)C1CCCC1. The Hall–Kier alpha value is -2.28. The van der Waals surface area contributed by atoms with Crippen LogP contribution in [0, 0.1) is 0 Å². The van der Waals surface area contributed by atoms with Crippen molar-refractivity contribution in [2.75, 3.05) is 0 Å². The monoisotopic (exact) mass is 412 g/mol. The maximum absolute atomic E-state index is 13.5. The molecule has 1 atom stereocenters. The maximum atomic E-state index is 13.5. The van der Waals surface area contributed by atoms with Crippen LogP contribution in [-0.4, -0.2) is 38.4 Å². The van der Waals surface area contributed by atoms with Crippen LogP contribution >= 0.6 is 11.5 Å². The van der Waals surface area contributed by atoms with Gasteiger partial charge in [-0.05, 0) is 42.8 Å². The van der Waals surface area contributed by atoms with E-state index in [-0.39, 0.29) is 23.9 Å². The first kappa shape index (κ1) is 20.0. The molecule has 1 aromatic carbocycles. The molecule has 2 aliphatic carbocycles. The van der Waals surface area contributed by atoms with Crippen molar-refractivity contribution in [3.8, 4) is 0 Å². The molecule has 0 aliphatic heterocycles. The molecular weight excluding hydrogens is 384 g/mol. The molecule has 29 heavy (non-hydrogen) atoms. The highest BCUT2D eigenvalue weighted by atomic mass is 32.1. The highest BCUT2D eigenvalue weighted by molar-refractivity contribution is 7.03. The summed E-state index contributed by atoms with van der Waals surface area (Å²) < 4.78 is 3.87. The number of carbonyl (C=O) groups excluding carboxylic acids is 2. The molecule has 2 saturated carbocycles. The van der Waals surface area contributed by atoms with E-state index in [1.807, 2.05) is 30.3 Å². The van der Waals surface area contributed by atoms with Crippen molar-refractivity contribution in [1.29, 1.82) is 0 Å². The van der Waals surface area contributed by atoms with E-state index < -0.39 is 6.04 Å². The third-order valence-electron chi connectivity index (χ3n) is 6.13. The third-order valence-corrected chi connectivity index (χ3v) is 6.63. The second-order valence-electron chi connectivity index (χ2n) is 8.10. The van der Waals surface area contributed by atoms with Crippen LogP contribution in [0.1, 0.15) is 79.9 Å². The lowest BCUT2D eigenvalue weighted by Gasteiger charge is -2.36. The van der Waals surface area contributed by atoms with Crippen LogP contribution in [0.3, 0.4) is 0 Å². The van der Waals surface area contributed by atoms with Gasteiger partial charge in [0.05, 0.1) is 0 Å². The minimum absolute atomic E-state index is 0.0477. The molecule has 0 saturated heterocycles. The van der Waals surface area contributed by atoms with E-state index in [1.165, 1.54) is 6.42 Å². The quantitative estimate of drug-likeness (QED) is 0.775. The van der Waals surface area contributed by atoms with Crippen molar-refractivity contribution in [3.05, 3.63) is 47.0 Å². The summed E-state index contributed by atoms with van der Waals surface area (Å²) in [6.07, 6.45) is 9.56. The van der Waals surface area contributed by atoms with Crippen LogP contribution in [0.5, 0.6) is 0 Å². The summed E-state index contributed by atoms with van der Waals surface area (Å²) in [5.74, 6) is -0.273. The van der Waals surface area contributed by atoms with Crippen LogP contribution in [0.25, 0.3) is 0 Å². The molecule has 1 heterocycles. The molecule has 2 aliphatic rings.